The maximum atomic E-state index is 13.0. The summed E-state index contributed by atoms with van der Waals surface area (Å²) < 4.78 is 5.82. The van der Waals surface area contributed by atoms with E-state index < -0.39 is 0 Å². The molecule has 0 aliphatic carbocycles. The molecule has 1 atom stereocenters. The SMILES string of the molecule is Cc1cccc(N2CCN(C(=O)[C@H]3CCOc4ccccc4C3)CC2)n1. The Kier molecular flexibility index (Phi) is 4.78. The number of para-hydroxylation sites is 1. The molecule has 1 aromatic heterocycles. The lowest BCUT2D eigenvalue weighted by atomic mass is 9.95. The van der Waals surface area contributed by atoms with Gasteiger partial charge in [0.25, 0.3) is 0 Å². The number of hydrogen-bond acceptors (Lipinski definition) is 4. The number of benzene rings is 1. The van der Waals surface area contributed by atoms with Crippen LogP contribution in [0.3, 0.4) is 0 Å². The first-order valence-electron chi connectivity index (χ1n) is 9.39. The van der Waals surface area contributed by atoms with Crippen LogP contribution in [0.5, 0.6) is 5.75 Å². The van der Waals surface area contributed by atoms with Gasteiger partial charge in [-0.3, -0.25) is 4.79 Å². The van der Waals surface area contributed by atoms with Gasteiger partial charge in [-0.2, -0.15) is 0 Å². The van der Waals surface area contributed by atoms with Gasteiger partial charge in [-0.1, -0.05) is 24.3 Å². The lowest BCUT2D eigenvalue weighted by Gasteiger charge is -2.37. The van der Waals surface area contributed by atoms with E-state index in [2.05, 4.69) is 16.0 Å². The Morgan fingerprint density at radius 2 is 1.88 bits per heavy atom. The molecule has 1 aromatic carbocycles. The molecule has 2 aliphatic heterocycles. The summed E-state index contributed by atoms with van der Waals surface area (Å²) in [6.07, 6.45) is 1.56. The van der Waals surface area contributed by atoms with Crippen LogP contribution in [0.25, 0.3) is 0 Å². The predicted molar refractivity (Wildman–Crippen MR) is 102 cm³/mol. The van der Waals surface area contributed by atoms with E-state index in [1.807, 2.05) is 48.2 Å². The number of anilines is 1. The number of aromatic nitrogens is 1. The molecule has 3 heterocycles. The van der Waals surface area contributed by atoms with Gasteiger partial charge >= 0.3 is 0 Å². The van der Waals surface area contributed by atoms with Crippen molar-refractivity contribution in [1.29, 1.82) is 0 Å². The zero-order valence-electron chi connectivity index (χ0n) is 15.2. The van der Waals surface area contributed by atoms with Crippen molar-refractivity contribution < 1.29 is 9.53 Å². The highest BCUT2D eigenvalue weighted by atomic mass is 16.5. The van der Waals surface area contributed by atoms with Crippen LogP contribution in [0, 0.1) is 12.8 Å². The summed E-state index contributed by atoms with van der Waals surface area (Å²) in [5.74, 6) is 2.22. The number of nitrogens with zero attached hydrogens (tertiary/aromatic N) is 3. The first-order chi connectivity index (χ1) is 12.7. The normalized spacial score (nSPS) is 20.1. The molecular formula is C21H25N3O2. The molecule has 2 aromatic rings. The van der Waals surface area contributed by atoms with Crippen LogP contribution in [-0.4, -0.2) is 48.6 Å². The first-order valence-corrected chi connectivity index (χ1v) is 9.39. The number of hydrogen-bond donors (Lipinski definition) is 0. The van der Waals surface area contributed by atoms with Gasteiger partial charge in [-0.15, -0.1) is 0 Å². The Morgan fingerprint density at radius 3 is 2.69 bits per heavy atom. The fourth-order valence-corrected chi connectivity index (χ4v) is 3.82. The van der Waals surface area contributed by atoms with Gasteiger partial charge in [0.1, 0.15) is 11.6 Å². The van der Waals surface area contributed by atoms with Crippen LogP contribution in [0.1, 0.15) is 17.7 Å². The van der Waals surface area contributed by atoms with Crippen LogP contribution in [-0.2, 0) is 11.2 Å². The molecule has 26 heavy (non-hydrogen) atoms. The Balaban J connectivity index is 1.39. The highest BCUT2D eigenvalue weighted by molar-refractivity contribution is 5.79. The Bertz CT molecular complexity index is 784. The second-order valence-electron chi connectivity index (χ2n) is 7.10. The van der Waals surface area contributed by atoms with Crippen molar-refractivity contribution in [3.63, 3.8) is 0 Å². The molecule has 0 radical (unpaired) electrons. The third kappa shape index (κ3) is 3.52. The predicted octanol–water partition coefficient (Wildman–Crippen LogP) is 2.68. The molecule has 1 saturated heterocycles. The van der Waals surface area contributed by atoms with Gasteiger partial charge in [-0.05, 0) is 43.5 Å². The molecule has 0 spiro atoms. The maximum absolute atomic E-state index is 13.0. The summed E-state index contributed by atoms with van der Waals surface area (Å²) in [4.78, 5) is 21.9. The molecule has 0 N–H and O–H groups in total. The Labute approximate surface area is 154 Å². The topological polar surface area (TPSA) is 45.7 Å². The molecule has 0 unspecified atom stereocenters. The second-order valence-corrected chi connectivity index (χ2v) is 7.10. The van der Waals surface area contributed by atoms with E-state index in [1.54, 1.807) is 0 Å². The largest absolute Gasteiger partial charge is 0.493 e. The summed E-state index contributed by atoms with van der Waals surface area (Å²) >= 11 is 0. The lowest BCUT2D eigenvalue weighted by Crippen LogP contribution is -2.51. The van der Waals surface area contributed by atoms with Gasteiger partial charge < -0.3 is 14.5 Å². The number of rotatable bonds is 2. The lowest BCUT2D eigenvalue weighted by molar-refractivity contribution is -0.136. The van der Waals surface area contributed by atoms with E-state index in [0.717, 1.165) is 61.8 Å². The first kappa shape index (κ1) is 16.9. The van der Waals surface area contributed by atoms with Crippen molar-refractivity contribution in [2.24, 2.45) is 5.92 Å². The highest BCUT2D eigenvalue weighted by Gasteiger charge is 2.30. The van der Waals surface area contributed by atoms with E-state index in [1.165, 1.54) is 0 Å². The average Bonchev–Trinajstić information content (AvgIpc) is 2.90. The number of carbonyl (C=O) groups excluding carboxylic acids is 1. The van der Waals surface area contributed by atoms with Crippen LogP contribution >= 0.6 is 0 Å². The molecule has 5 nitrogen and oxygen atoms in total. The average molecular weight is 351 g/mol. The van der Waals surface area contributed by atoms with E-state index in [4.69, 9.17) is 4.74 Å². The van der Waals surface area contributed by atoms with E-state index in [0.29, 0.717) is 6.61 Å². The van der Waals surface area contributed by atoms with Gasteiger partial charge in [-0.25, -0.2) is 4.98 Å². The number of fused-ring (bicyclic) bond motifs is 1. The van der Waals surface area contributed by atoms with Crippen molar-refractivity contribution in [2.75, 3.05) is 37.7 Å². The highest BCUT2D eigenvalue weighted by Crippen LogP contribution is 2.28. The number of amides is 1. The third-order valence-corrected chi connectivity index (χ3v) is 5.30. The van der Waals surface area contributed by atoms with Crippen molar-refractivity contribution in [3.8, 4) is 5.75 Å². The van der Waals surface area contributed by atoms with Crippen LogP contribution < -0.4 is 9.64 Å². The molecule has 4 rings (SSSR count). The molecule has 2 aliphatic rings. The molecular weight excluding hydrogens is 326 g/mol. The fourth-order valence-electron chi connectivity index (χ4n) is 3.82. The molecule has 1 amide bonds. The van der Waals surface area contributed by atoms with Crippen LogP contribution in [0.2, 0.25) is 0 Å². The van der Waals surface area contributed by atoms with Crippen LogP contribution in [0.15, 0.2) is 42.5 Å². The van der Waals surface area contributed by atoms with Gasteiger partial charge in [0.15, 0.2) is 0 Å². The summed E-state index contributed by atoms with van der Waals surface area (Å²) in [7, 11) is 0. The standard InChI is InChI=1S/C21H25N3O2/c1-16-5-4-8-20(22-16)23-10-12-24(13-11-23)21(25)18-9-14-26-19-7-3-2-6-17(19)15-18/h2-8,18H,9-15H2,1H3/t18-/m0/s1. The van der Waals surface area contributed by atoms with Crippen molar-refractivity contribution in [1.82, 2.24) is 9.88 Å². The Hall–Kier alpha value is -2.56. The van der Waals surface area contributed by atoms with Crippen molar-refractivity contribution in [2.45, 2.75) is 19.8 Å². The van der Waals surface area contributed by atoms with E-state index in [-0.39, 0.29) is 11.8 Å². The minimum Gasteiger partial charge on any atom is -0.493 e. The smallest absolute Gasteiger partial charge is 0.226 e. The number of piperazine rings is 1. The Morgan fingerprint density at radius 1 is 1.08 bits per heavy atom. The molecule has 1 fully saturated rings. The number of ether oxygens (including phenoxy) is 1. The van der Waals surface area contributed by atoms with Gasteiger partial charge in [0.2, 0.25) is 5.91 Å². The molecule has 0 bridgehead atoms. The molecule has 5 heteroatoms. The minimum atomic E-state index is 0.0160. The zero-order chi connectivity index (χ0) is 17.9. The zero-order valence-corrected chi connectivity index (χ0v) is 15.2. The van der Waals surface area contributed by atoms with Gasteiger partial charge in [0.05, 0.1) is 6.61 Å². The van der Waals surface area contributed by atoms with Crippen LogP contribution in [0.4, 0.5) is 5.82 Å². The van der Waals surface area contributed by atoms with Crippen molar-refractivity contribution in [3.05, 3.63) is 53.7 Å². The maximum Gasteiger partial charge on any atom is 0.226 e. The van der Waals surface area contributed by atoms with E-state index in [9.17, 15) is 4.79 Å². The number of aryl methyl sites for hydroxylation is 1. The molecule has 136 valence electrons. The third-order valence-electron chi connectivity index (χ3n) is 5.30. The quantitative estimate of drug-likeness (QED) is 0.835. The second kappa shape index (κ2) is 7.36. The monoisotopic (exact) mass is 351 g/mol. The summed E-state index contributed by atoms with van der Waals surface area (Å²) in [5.41, 5.74) is 2.17. The summed E-state index contributed by atoms with van der Waals surface area (Å²) in [6, 6.07) is 14.2. The van der Waals surface area contributed by atoms with E-state index >= 15 is 0 Å². The number of pyridine rings is 1. The van der Waals surface area contributed by atoms with Crippen molar-refractivity contribution >= 4 is 11.7 Å². The number of carbonyl (C=O) groups is 1. The molecule has 0 saturated carbocycles. The minimum absolute atomic E-state index is 0.0160. The fraction of sp³-hybridized carbons (Fsp3) is 0.429. The van der Waals surface area contributed by atoms with Gasteiger partial charge in [0, 0.05) is 37.8 Å². The summed E-state index contributed by atoms with van der Waals surface area (Å²) in [6.45, 7) is 5.81. The summed E-state index contributed by atoms with van der Waals surface area (Å²) in [5, 5.41) is 0.